The Morgan fingerprint density at radius 1 is 1.44 bits per heavy atom. The van der Waals surface area contributed by atoms with Gasteiger partial charge in [0, 0.05) is 0 Å². The van der Waals surface area contributed by atoms with Crippen LogP contribution in [0.25, 0.3) is 0 Å². The predicted octanol–water partition coefficient (Wildman–Crippen LogP) is 0.633. The maximum atomic E-state index is 11.8. The van der Waals surface area contributed by atoms with Crippen LogP contribution in [-0.4, -0.2) is 30.6 Å². The zero-order chi connectivity index (χ0) is 13.0. The first-order chi connectivity index (χ1) is 8.66. The molecule has 2 atom stereocenters. The van der Waals surface area contributed by atoms with E-state index in [1.54, 1.807) is 6.92 Å². The van der Waals surface area contributed by atoms with Crippen molar-refractivity contribution in [1.29, 1.82) is 0 Å². The van der Waals surface area contributed by atoms with Gasteiger partial charge in [-0.15, -0.1) is 0 Å². The Bertz CT molecular complexity index is 432. The lowest BCUT2D eigenvalue weighted by Crippen LogP contribution is -2.55. The van der Waals surface area contributed by atoms with E-state index in [4.69, 9.17) is 9.47 Å². The molecule has 1 saturated heterocycles. The Hall–Kier alpha value is -1.88. The lowest BCUT2D eigenvalue weighted by Gasteiger charge is -2.28. The summed E-state index contributed by atoms with van der Waals surface area (Å²) < 4.78 is 10.3. The summed E-state index contributed by atoms with van der Waals surface area (Å²) in [7, 11) is 0. The van der Waals surface area contributed by atoms with Crippen molar-refractivity contribution in [3.8, 4) is 0 Å². The first kappa shape index (κ1) is 12.6. The molecule has 1 aromatic carbocycles. The van der Waals surface area contributed by atoms with Crippen LogP contribution in [0.3, 0.4) is 0 Å². The van der Waals surface area contributed by atoms with E-state index in [2.05, 4.69) is 5.32 Å². The normalized spacial score (nSPS) is 23.3. The Balaban J connectivity index is 1.89. The number of hydrogen-bond donors (Lipinski definition) is 1. The summed E-state index contributed by atoms with van der Waals surface area (Å²) in [6.07, 6.45) is -0.369. The molecule has 1 heterocycles. The van der Waals surface area contributed by atoms with Crippen LogP contribution in [0, 0.1) is 0 Å². The molecule has 1 amide bonds. The van der Waals surface area contributed by atoms with Gasteiger partial charge >= 0.3 is 5.97 Å². The largest absolute Gasteiger partial charge is 0.459 e. The molecule has 2 unspecified atom stereocenters. The first-order valence-corrected chi connectivity index (χ1v) is 5.78. The third-order valence-electron chi connectivity index (χ3n) is 2.74. The van der Waals surface area contributed by atoms with E-state index in [1.165, 1.54) is 0 Å². The van der Waals surface area contributed by atoms with Crippen LogP contribution >= 0.6 is 0 Å². The van der Waals surface area contributed by atoms with Crippen LogP contribution in [0.5, 0.6) is 0 Å². The van der Waals surface area contributed by atoms with E-state index < -0.39 is 12.0 Å². The van der Waals surface area contributed by atoms with Crippen LogP contribution in [0.15, 0.2) is 30.3 Å². The topological polar surface area (TPSA) is 64.6 Å². The lowest BCUT2D eigenvalue weighted by atomic mass is 10.1. The van der Waals surface area contributed by atoms with Gasteiger partial charge in [-0.25, -0.2) is 4.79 Å². The minimum absolute atomic E-state index is 0.0103. The van der Waals surface area contributed by atoms with E-state index in [-0.39, 0.29) is 25.2 Å². The van der Waals surface area contributed by atoms with Crippen molar-refractivity contribution in [2.75, 3.05) is 6.61 Å². The van der Waals surface area contributed by atoms with Gasteiger partial charge in [-0.2, -0.15) is 0 Å². The Labute approximate surface area is 105 Å². The molecule has 1 fully saturated rings. The van der Waals surface area contributed by atoms with Gasteiger partial charge < -0.3 is 14.8 Å². The zero-order valence-electron chi connectivity index (χ0n) is 10.1. The molecule has 0 radical (unpaired) electrons. The number of carbonyl (C=O) groups excluding carboxylic acids is 2. The van der Waals surface area contributed by atoms with Crippen LogP contribution < -0.4 is 5.32 Å². The molecule has 96 valence electrons. The third-order valence-corrected chi connectivity index (χ3v) is 2.74. The smallest absolute Gasteiger partial charge is 0.331 e. The van der Waals surface area contributed by atoms with Crippen LogP contribution in [0.2, 0.25) is 0 Å². The van der Waals surface area contributed by atoms with E-state index in [1.807, 2.05) is 30.3 Å². The quantitative estimate of drug-likeness (QED) is 0.798. The van der Waals surface area contributed by atoms with Crippen LogP contribution in [0.4, 0.5) is 0 Å². The average molecular weight is 249 g/mol. The Morgan fingerprint density at radius 3 is 2.89 bits per heavy atom. The summed E-state index contributed by atoms with van der Waals surface area (Å²) in [4.78, 5) is 23.0. The summed E-state index contributed by atoms with van der Waals surface area (Å²) >= 11 is 0. The van der Waals surface area contributed by atoms with Gasteiger partial charge in [-0.3, -0.25) is 4.79 Å². The van der Waals surface area contributed by atoms with Crippen molar-refractivity contribution >= 4 is 11.9 Å². The summed E-state index contributed by atoms with van der Waals surface area (Å²) in [6, 6.07) is 8.64. The highest BCUT2D eigenvalue weighted by Gasteiger charge is 2.33. The summed E-state index contributed by atoms with van der Waals surface area (Å²) in [6.45, 7) is 1.91. The number of hydrogen-bond acceptors (Lipinski definition) is 4. The molecule has 1 aliphatic heterocycles. The molecule has 0 saturated carbocycles. The molecule has 5 heteroatoms. The maximum absolute atomic E-state index is 11.8. The van der Waals surface area contributed by atoms with Crippen molar-refractivity contribution in [3.05, 3.63) is 35.9 Å². The molecular formula is C13H15NO4. The highest BCUT2D eigenvalue weighted by Crippen LogP contribution is 2.08. The second-order valence-corrected chi connectivity index (χ2v) is 4.15. The van der Waals surface area contributed by atoms with Gasteiger partial charge in [0.2, 0.25) is 5.91 Å². The van der Waals surface area contributed by atoms with Gasteiger partial charge in [0.05, 0.1) is 6.10 Å². The highest BCUT2D eigenvalue weighted by molar-refractivity contribution is 5.86. The minimum Gasteiger partial charge on any atom is -0.459 e. The van der Waals surface area contributed by atoms with E-state index >= 15 is 0 Å². The maximum Gasteiger partial charge on any atom is 0.331 e. The number of morpholine rings is 1. The van der Waals surface area contributed by atoms with E-state index in [0.29, 0.717) is 0 Å². The van der Waals surface area contributed by atoms with Crippen LogP contribution in [-0.2, 0) is 25.7 Å². The molecule has 0 spiro atoms. The molecule has 1 N–H and O–H groups in total. The van der Waals surface area contributed by atoms with Gasteiger partial charge in [-0.05, 0) is 12.5 Å². The fourth-order valence-corrected chi connectivity index (χ4v) is 1.70. The van der Waals surface area contributed by atoms with Crippen molar-refractivity contribution in [2.45, 2.75) is 25.7 Å². The van der Waals surface area contributed by atoms with Crippen LogP contribution in [0.1, 0.15) is 12.5 Å². The first-order valence-electron chi connectivity index (χ1n) is 5.78. The standard InChI is InChI=1S/C13H15NO4/c1-9-12(14-11(15)8-17-9)13(16)18-7-10-5-3-2-4-6-10/h2-6,9,12H,7-8H2,1H3,(H,14,15). The summed E-state index contributed by atoms with van der Waals surface area (Å²) in [5.74, 6) is -0.769. The number of carbonyl (C=O) groups is 2. The molecule has 5 nitrogen and oxygen atoms in total. The molecule has 1 aliphatic rings. The second kappa shape index (κ2) is 5.64. The van der Waals surface area contributed by atoms with E-state index in [9.17, 15) is 9.59 Å². The Kier molecular flexibility index (Phi) is 3.94. The van der Waals surface area contributed by atoms with E-state index in [0.717, 1.165) is 5.56 Å². The minimum atomic E-state index is -0.727. The predicted molar refractivity (Wildman–Crippen MR) is 63.6 cm³/mol. The van der Waals surface area contributed by atoms with Crippen molar-refractivity contribution in [1.82, 2.24) is 5.32 Å². The molecule has 0 bridgehead atoms. The van der Waals surface area contributed by atoms with Crippen molar-refractivity contribution in [3.63, 3.8) is 0 Å². The fourth-order valence-electron chi connectivity index (χ4n) is 1.70. The monoisotopic (exact) mass is 249 g/mol. The number of esters is 1. The van der Waals surface area contributed by atoms with Gasteiger partial charge in [0.25, 0.3) is 0 Å². The molecular weight excluding hydrogens is 234 g/mol. The molecule has 18 heavy (non-hydrogen) atoms. The van der Waals surface area contributed by atoms with Gasteiger partial charge in [0.15, 0.2) is 6.04 Å². The number of amides is 1. The highest BCUT2D eigenvalue weighted by atomic mass is 16.5. The number of benzene rings is 1. The molecule has 0 aromatic heterocycles. The van der Waals surface area contributed by atoms with Gasteiger partial charge in [0.1, 0.15) is 13.2 Å². The number of rotatable bonds is 3. The number of nitrogens with one attached hydrogen (secondary N) is 1. The molecule has 0 aliphatic carbocycles. The van der Waals surface area contributed by atoms with Gasteiger partial charge in [-0.1, -0.05) is 30.3 Å². The molecule has 1 aromatic rings. The average Bonchev–Trinajstić information content (AvgIpc) is 2.40. The molecule has 2 rings (SSSR count). The number of ether oxygens (including phenoxy) is 2. The SMILES string of the molecule is CC1OCC(=O)NC1C(=O)OCc1ccccc1. The third kappa shape index (κ3) is 3.07. The second-order valence-electron chi connectivity index (χ2n) is 4.15. The van der Waals surface area contributed by atoms with Crippen molar-refractivity contribution in [2.24, 2.45) is 0 Å². The fraction of sp³-hybridized carbons (Fsp3) is 0.385. The summed E-state index contributed by atoms with van der Waals surface area (Å²) in [5.41, 5.74) is 0.904. The summed E-state index contributed by atoms with van der Waals surface area (Å²) in [5, 5.41) is 2.56. The zero-order valence-corrected chi connectivity index (χ0v) is 10.1. The van der Waals surface area contributed by atoms with Crippen molar-refractivity contribution < 1.29 is 19.1 Å². The Morgan fingerprint density at radius 2 is 2.17 bits per heavy atom. The lowest BCUT2D eigenvalue weighted by molar-refractivity contribution is -0.159.